The predicted molar refractivity (Wildman–Crippen MR) is 83.6 cm³/mol. The first kappa shape index (κ1) is 17.6. The molecule has 0 saturated heterocycles. The number of nitrogens with two attached hydrogens (primary N) is 1. The van der Waals surface area contributed by atoms with Crippen LogP contribution in [0.2, 0.25) is 0 Å². The number of nitrogens with zero attached hydrogens (tertiary/aromatic N) is 1. The van der Waals surface area contributed by atoms with E-state index in [2.05, 4.69) is 5.32 Å². The molecule has 1 unspecified atom stereocenters. The first-order valence-corrected chi connectivity index (χ1v) is 8.21. The van der Waals surface area contributed by atoms with Crippen LogP contribution in [0.15, 0.2) is 23.1 Å². The Morgan fingerprint density at radius 3 is 2.52 bits per heavy atom. The molecule has 7 heteroatoms. The quantitative estimate of drug-likeness (QED) is 0.828. The first-order valence-electron chi connectivity index (χ1n) is 6.77. The van der Waals surface area contributed by atoms with Gasteiger partial charge in [-0.1, -0.05) is 13.0 Å². The average Bonchev–Trinajstić information content (AvgIpc) is 2.40. The highest BCUT2D eigenvalue weighted by molar-refractivity contribution is 7.89. The normalized spacial score (nSPS) is 13.2. The lowest BCUT2D eigenvalue weighted by Gasteiger charge is -2.15. The molecule has 6 nitrogen and oxygen atoms in total. The maximum absolute atomic E-state index is 12.2. The largest absolute Gasteiger partial charge is 0.327 e. The van der Waals surface area contributed by atoms with E-state index in [1.165, 1.54) is 20.2 Å². The highest BCUT2D eigenvalue weighted by atomic mass is 32.2. The molecule has 21 heavy (non-hydrogen) atoms. The standard InChI is InChI=1S/C14H23N3O3S/c1-5-11(15)8-14(18)16-12-7-6-10(2)13(9-12)21(19,20)17(3)4/h6-7,9,11H,5,8,15H2,1-4H3,(H,16,18). The number of sulfonamides is 1. The Morgan fingerprint density at radius 1 is 1.38 bits per heavy atom. The second-order valence-corrected chi connectivity index (χ2v) is 7.31. The molecule has 1 atom stereocenters. The Hall–Kier alpha value is -1.44. The molecule has 0 radical (unpaired) electrons. The van der Waals surface area contributed by atoms with Gasteiger partial charge in [-0.05, 0) is 31.0 Å². The average molecular weight is 313 g/mol. The third-order valence-corrected chi connectivity index (χ3v) is 5.16. The van der Waals surface area contributed by atoms with Crippen LogP contribution in [0.3, 0.4) is 0 Å². The molecule has 1 aromatic carbocycles. The van der Waals surface area contributed by atoms with Gasteiger partial charge in [0.15, 0.2) is 0 Å². The number of hydrogen-bond acceptors (Lipinski definition) is 4. The third kappa shape index (κ3) is 4.52. The van der Waals surface area contributed by atoms with E-state index < -0.39 is 10.0 Å². The summed E-state index contributed by atoms with van der Waals surface area (Å²) in [5, 5.41) is 2.68. The molecule has 0 aliphatic heterocycles. The van der Waals surface area contributed by atoms with Crippen molar-refractivity contribution in [1.82, 2.24) is 4.31 Å². The van der Waals surface area contributed by atoms with E-state index in [1.807, 2.05) is 6.92 Å². The number of amides is 1. The first-order chi connectivity index (χ1) is 9.68. The van der Waals surface area contributed by atoms with Crippen molar-refractivity contribution in [2.45, 2.75) is 37.6 Å². The van der Waals surface area contributed by atoms with Crippen LogP contribution in [0.5, 0.6) is 0 Å². The molecule has 0 saturated carbocycles. The van der Waals surface area contributed by atoms with Crippen molar-refractivity contribution in [3.8, 4) is 0 Å². The van der Waals surface area contributed by atoms with E-state index in [4.69, 9.17) is 5.73 Å². The minimum Gasteiger partial charge on any atom is -0.327 e. The Kier molecular flexibility index (Phi) is 5.88. The van der Waals surface area contributed by atoms with Crippen LogP contribution < -0.4 is 11.1 Å². The number of benzene rings is 1. The SMILES string of the molecule is CCC(N)CC(=O)Nc1ccc(C)c(S(=O)(=O)N(C)C)c1. The molecule has 0 aliphatic carbocycles. The number of rotatable bonds is 6. The van der Waals surface area contributed by atoms with Gasteiger partial charge in [0.05, 0.1) is 4.90 Å². The maximum atomic E-state index is 12.2. The maximum Gasteiger partial charge on any atom is 0.242 e. The molecular weight excluding hydrogens is 290 g/mol. The molecule has 0 heterocycles. The van der Waals surface area contributed by atoms with Crippen LogP contribution in [0.25, 0.3) is 0 Å². The molecule has 1 rings (SSSR count). The number of aryl methyl sites for hydroxylation is 1. The minimum atomic E-state index is -3.54. The van der Waals surface area contributed by atoms with Crippen LogP contribution in [0.1, 0.15) is 25.3 Å². The lowest BCUT2D eigenvalue weighted by molar-refractivity contribution is -0.116. The number of carbonyl (C=O) groups is 1. The van der Waals surface area contributed by atoms with Gasteiger partial charge in [0.25, 0.3) is 0 Å². The smallest absolute Gasteiger partial charge is 0.242 e. The van der Waals surface area contributed by atoms with Gasteiger partial charge in [-0.15, -0.1) is 0 Å². The predicted octanol–water partition coefficient (Wildman–Crippen LogP) is 1.31. The number of hydrogen-bond donors (Lipinski definition) is 2. The summed E-state index contributed by atoms with van der Waals surface area (Å²) in [4.78, 5) is 12.0. The van der Waals surface area contributed by atoms with E-state index in [1.54, 1.807) is 19.1 Å². The zero-order chi connectivity index (χ0) is 16.2. The molecule has 1 aromatic rings. The lowest BCUT2D eigenvalue weighted by atomic mass is 10.1. The van der Waals surface area contributed by atoms with Crippen LogP contribution in [-0.4, -0.2) is 38.8 Å². The summed E-state index contributed by atoms with van der Waals surface area (Å²) >= 11 is 0. The van der Waals surface area contributed by atoms with Gasteiger partial charge >= 0.3 is 0 Å². The summed E-state index contributed by atoms with van der Waals surface area (Å²) in [6.45, 7) is 3.63. The fourth-order valence-electron chi connectivity index (χ4n) is 1.75. The van der Waals surface area contributed by atoms with E-state index >= 15 is 0 Å². The van der Waals surface area contributed by atoms with Crippen molar-refractivity contribution in [3.05, 3.63) is 23.8 Å². The monoisotopic (exact) mass is 313 g/mol. The van der Waals surface area contributed by atoms with Crippen molar-refractivity contribution in [1.29, 1.82) is 0 Å². The second-order valence-electron chi connectivity index (χ2n) is 5.19. The molecule has 1 amide bonds. The summed E-state index contributed by atoms with van der Waals surface area (Å²) in [7, 11) is -0.591. The Labute approximate surface area is 126 Å². The van der Waals surface area contributed by atoms with Gasteiger partial charge < -0.3 is 11.1 Å². The van der Waals surface area contributed by atoms with E-state index in [9.17, 15) is 13.2 Å². The van der Waals surface area contributed by atoms with Gasteiger partial charge in [-0.3, -0.25) is 4.79 Å². The molecule has 0 aliphatic rings. The number of anilines is 1. The van der Waals surface area contributed by atoms with E-state index in [-0.39, 0.29) is 23.3 Å². The Morgan fingerprint density at radius 2 is 2.00 bits per heavy atom. The third-order valence-electron chi connectivity index (χ3n) is 3.20. The summed E-state index contributed by atoms with van der Waals surface area (Å²) in [6.07, 6.45) is 0.918. The fraction of sp³-hybridized carbons (Fsp3) is 0.500. The molecular formula is C14H23N3O3S. The molecule has 0 bridgehead atoms. The van der Waals surface area contributed by atoms with Gasteiger partial charge in [0, 0.05) is 32.2 Å². The minimum absolute atomic E-state index is 0.185. The zero-order valence-corrected chi connectivity index (χ0v) is 13.7. The molecule has 0 spiro atoms. The number of nitrogens with one attached hydrogen (secondary N) is 1. The van der Waals surface area contributed by atoms with Crippen molar-refractivity contribution in [2.24, 2.45) is 5.73 Å². The summed E-state index contributed by atoms with van der Waals surface area (Å²) in [5.41, 5.74) is 6.81. The van der Waals surface area contributed by atoms with Gasteiger partial charge in [0.1, 0.15) is 0 Å². The topological polar surface area (TPSA) is 92.5 Å². The summed E-state index contributed by atoms with van der Waals surface area (Å²) in [5.74, 6) is -0.221. The highest BCUT2D eigenvalue weighted by Crippen LogP contribution is 2.22. The molecule has 0 fully saturated rings. The highest BCUT2D eigenvalue weighted by Gasteiger charge is 2.20. The van der Waals surface area contributed by atoms with Crippen molar-refractivity contribution >= 4 is 21.6 Å². The van der Waals surface area contributed by atoms with E-state index in [0.29, 0.717) is 17.7 Å². The second kappa shape index (κ2) is 7.02. The van der Waals surface area contributed by atoms with Crippen molar-refractivity contribution in [3.63, 3.8) is 0 Å². The number of carbonyl (C=O) groups excluding carboxylic acids is 1. The molecule has 118 valence electrons. The lowest BCUT2D eigenvalue weighted by Crippen LogP contribution is -2.26. The summed E-state index contributed by atoms with van der Waals surface area (Å²) in [6, 6.07) is 4.63. The Bertz CT molecular complexity index is 612. The van der Waals surface area contributed by atoms with Crippen molar-refractivity contribution < 1.29 is 13.2 Å². The Balaban J connectivity index is 3.01. The van der Waals surface area contributed by atoms with Gasteiger partial charge in [-0.2, -0.15) is 0 Å². The van der Waals surface area contributed by atoms with Crippen molar-refractivity contribution in [2.75, 3.05) is 19.4 Å². The van der Waals surface area contributed by atoms with Gasteiger partial charge in [-0.25, -0.2) is 12.7 Å². The van der Waals surface area contributed by atoms with Crippen LogP contribution in [0.4, 0.5) is 5.69 Å². The summed E-state index contributed by atoms with van der Waals surface area (Å²) < 4.78 is 25.6. The van der Waals surface area contributed by atoms with Crippen LogP contribution in [-0.2, 0) is 14.8 Å². The molecule has 3 N–H and O–H groups in total. The fourth-order valence-corrected chi connectivity index (χ4v) is 2.89. The van der Waals surface area contributed by atoms with Crippen LogP contribution >= 0.6 is 0 Å². The van der Waals surface area contributed by atoms with Crippen LogP contribution in [0, 0.1) is 6.92 Å². The van der Waals surface area contributed by atoms with E-state index in [0.717, 1.165) is 4.31 Å². The zero-order valence-electron chi connectivity index (χ0n) is 12.9. The molecule has 0 aromatic heterocycles. The van der Waals surface area contributed by atoms with Gasteiger partial charge in [0.2, 0.25) is 15.9 Å².